The number of para-hydroxylation sites is 1. The van der Waals surface area contributed by atoms with Gasteiger partial charge in [-0.3, -0.25) is 0 Å². The lowest BCUT2D eigenvalue weighted by Crippen LogP contribution is -2.43. The highest BCUT2D eigenvalue weighted by molar-refractivity contribution is 5.46. The lowest BCUT2D eigenvalue weighted by atomic mass is 10.0. The molecule has 1 atom stereocenters. The third-order valence-electron chi connectivity index (χ3n) is 4.77. The van der Waals surface area contributed by atoms with E-state index in [1.54, 1.807) is 0 Å². The van der Waals surface area contributed by atoms with Crippen LogP contribution in [-0.4, -0.2) is 25.7 Å². The molecule has 0 amide bonds. The molecule has 1 saturated heterocycles. The van der Waals surface area contributed by atoms with Crippen LogP contribution < -0.4 is 10.2 Å². The van der Waals surface area contributed by atoms with Gasteiger partial charge >= 0.3 is 0 Å². The molecule has 1 aromatic carbocycles. The minimum Gasteiger partial charge on any atom is -0.371 e. The summed E-state index contributed by atoms with van der Waals surface area (Å²) in [5, 5.41) is 3.79. The Morgan fingerprint density at radius 3 is 2.42 bits per heavy atom. The Hall–Kier alpha value is -1.02. The van der Waals surface area contributed by atoms with Crippen LogP contribution >= 0.6 is 0 Å². The maximum absolute atomic E-state index is 3.79. The summed E-state index contributed by atoms with van der Waals surface area (Å²) in [5.41, 5.74) is 1.38. The predicted octanol–water partition coefficient (Wildman–Crippen LogP) is 3.29. The highest BCUT2D eigenvalue weighted by atomic mass is 15.1. The van der Waals surface area contributed by atoms with Crippen LogP contribution in [0.1, 0.15) is 32.6 Å². The average Bonchev–Trinajstić information content (AvgIpc) is 3.31. The molecule has 0 bridgehead atoms. The van der Waals surface area contributed by atoms with E-state index in [1.165, 1.54) is 51.0 Å². The lowest BCUT2D eigenvalue weighted by molar-refractivity contribution is 0.368. The first kappa shape index (κ1) is 13.0. The van der Waals surface area contributed by atoms with E-state index in [9.17, 15) is 0 Å². The number of piperidine rings is 1. The van der Waals surface area contributed by atoms with Gasteiger partial charge in [0.25, 0.3) is 0 Å². The van der Waals surface area contributed by atoms with Crippen molar-refractivity contribution in [1.29, 1.82) is 0 Å². The second kappa shape index (κ2) is 5.96. The third-order valence-corrected chi connectivity index (χ3v) is 4.77. The van der Waals surface area contributed by atoms with Crippen LogP contribution in [0, 0.1) is 11.8 Å². The van der Waals surface area contributed by atoms with Gasteiger partial charge < -0.3 is 10.2 Å². The largest absolute Gasteiger partial charge is 0.371 e. The number of anilines is 1. The van der Waals surface area contributed by atoms with E-state index in [1.807, 2.05) is 0 Å². The second-order valence-corrected chi connectivity index (χ2v) is 6.32. The number of nitrogens with zero attached hydrogens (tertiary/aromatic N) is 1. The smallest absolute Gasteiger partial charge is 0.0366 e. The molecule has 0 aromatic heterocycles. The van der Waals surface area contributed by atoms with Gasteiger partial charge in [-0.2, -0.15) is 0 Å². The van der Waals surface area contributed by atoms with Gasteiger partial charge in [-0.05, 0) is 56.2 Å². The fourth-order valence-electron chi connectivity index (χ4n) is 3.17. The Morgan fingerprint density at radius 2 is 1.79 bits per heavy atom. The summed E-state index contributed by atoms with van der Waals surface area (Å²) in [6.07, 6.45) is 5.50. The molecule has 2 heteroatoms. The molecule has 2 nitrogen and oxygen atoms in total. The van der Waals surface area contributed by atoms with Crippen LogP contribution in [0.15, 0.2) is 30.3 Å². The van der Waals surface area contributed by atoms with E-state index < -0.39 is 0 Å². The number of rotatable bonds is 5. The molecule has 1 N–H and O–H groups in total. The van der Waals surface area contributed by atoms with Crippen LogP contribution in [0.3, 0.4) is 0 Å². The van der Waals surface area contributed by atoms with Gasteiger partial charge in [0, 0.05) is 24.8 Å². The first-order valence-corrected chi connectivity index (χ1v) is 7.86. The van der Waals surface area contributed by atoms with Crippen molar-refractivity contribution >= 4 is 5.69 Å². The Bertz CT molecular complexity index is 378. The topological polar surface area (TPSA) is 15.3 Å². The molecule has 2 fully saturated rings. The molecule has 19 heavy (non-hydrogen) atoms. The zero-order valence-electron chi connectivity index (χ0n) is 12.0. The van der Waals surface area contributed by atoms with E-state index in [-0.39, 0.29) is 0 Å². The van der Waals surface area contributed by atoms with Crippen molar-refractivity contribution in [3.8, 4) is 0 Å². The summed E-state index contributed by atoms with van der Waals surface area (Å²) < 4.78 is 0. The van der Waals surface area contributed by atoms with Crippen LogP contribution in [0.5, 0.6) is 0 Å². The van der Waals surface area contributed by atoms with Crippen LogP contribution in [0.2, 0.25) is 0 Å². The molecule has 1 saturated carbocycles. The summed E-state index contributed by atoms with van der Waals surface area (Å²) in [7, 11) is 0. The summed E-state index contributed by atoms with van der Waals surface area (Å²) >= 11 is 0. The minimum atomic E-state index is 0.737. The van der Waals surface area contributed by atoms with E-state index in [0.717, 1.165) is 17.9 Å². The van der Waals surface area contributed by atoms with Crippen molar-refractivity contribution in [2.45, 2.75) is 38.6 Å². The standard InChI is InChI=1S/C17H26N2/c1-14(15-7-8-15)13-18-16-9-11-19(12-10-16)17-5-3-2-4-6-17/h2-6,14-16,18H,7-13H2,1H3. The van der Waals surface area contributed by atoms with Gasteiger partial charge in [-0.25, -0.2) is 0 Å². The monoisotopic (exact) mass is 258 g/mol. The maximum Gasteiger partial charge on any atom is 0.0366 e. The van der Waals surface area contributed by atoms with Gasteiger partial charge in [0.1, 0.15) is 0 Å². The Kier molecular flexibility index (Phi) is 4.07. The molecular formula is C17H26N2. The van der Waals surface area contributed by atoms with Gasteiger partial charge in [0.05, 0.1) is 0 Å². The van der Waals surface area contributed by atoms with E-state index in [2.05, 4.69) is 47.5 Å². The highest BCUT2D eigenvalue weighted by Gasteiger charge is 2.28. The molecule has 3 rings (SSSR count). The van der Waals surface area contributed by atoms with Gasteiger partial charge in [-0.15, -0.1) is 0 Å². The van der Waals surface area contributed by atoms with Gasteiger partial charge in [0.2, 0.25) is 0 Å². The number of nitrogens with one attached hydrogen (secondary N) is 1. The molecule has 1 aliphatic heterocycles. The molecule has 0 spiro atoms. The summed E-state index contributed by atoms with van der Waals surface area (Å²) in [4.78, 5) is 2.52. The summed E-state index contributed by atoms with van der Waals surface area (Å²) in [6, 6.07) is 11.6. The molecule has 1 unspecified atom stereocenters. The number of benzene rings is 1. The van der Waals surface area contributed by atoms with Gasteiger partial charge in [-0.1, -0.05) is 25.1 Å². The molecule has 1 aliphatic carbocycles. The quantitative estimate of drug-likeness (QED) is 0.872. The predicted molar refractivity (Wildman–Crippen MR) is 81.6 cm³/mol. The fraction of sp³-hybridized carbons (Fsp3) is 0.647. The van der Waals surface area contributed by atoms with Crippen LogP contribution in [-0.2, 0) is 0 Å². The fourth-order valence-corrected chi connectivity index (χ4v) is 3.17. The summed E-state index contributed by atoms with van der Waals surface area (Å²) in [5.74, 6) is 1.91. The lowest BCUT2D eigenvalue weighted by Gasteiger charge is -2.34. The van der Waals surface area contributed by atoms with E-state index in [4.69, 9.17) is 0 Å². The number of hydrogen-bond donors (Lipinski definition) is 1. The van der Waals surface area contributed by atoms with Crippen molar-refractivity contribution in [2.75, 3.05) is 24.5 Å². The first-order chi connectivity index (χ1) is 9.33. The third kappa shape index (κ3) is 3.50. The van der Waals surface area contributed by atoms with E-state index >= 15 is 0 Å². The normalized spacial score (nSPS) is 22.5. The molecule has 1 heterocycles. The molecule has 2 aliphatic rings. The van der Waals surface area contributed by atoms with Crippen molar-refractivity contribution in [2.24, 2.45) is 11.8 Å². The SMILES string of the molecule is CC(CNC1CCN(c2ccccc2)CC1)C1CC1. The number of hydrogen-bond acceptors (Lipinski definition) is 2. The maximum atomic E-state index is 3.79. The molecular weight excluding hydrogens is 232 g/mol. The van der Waals surface area contributed by atoms with Gasteiger partial charge in [0.15, 0.2) is 0 Å². The van der Waals surface area contributed by atoms with Crippen molar-refractivity contribution in [3.05, 3.63) is 30.3 Å². The molecule has 104 valence electrons. The van der Waals surface area contributed by atoms with Crippen LogP contribution in [0.25, 0.3) is 0 Å². The zero-order valence-corrected chi connectivity index (χ0v) is 12.0. The zero-order chi connectivity index (χ0) is 13.1. The summed E-state index contributed by atoms with van der Waals surface area (Å²) in [6.45, 7) is 6.02. The molecule has 1 aromatic rings. The minimum absolute atomic E-state index is 0.737. The molecule has 0 radical (unpaired) electrons. The van der Waals surface area contributed by atoms with Crippen LogP contribution in [0.4, 0.5) is 5.69 Å². The Morgan fingerprint density at radius 1 is 1.11 bits per heavy atom. The highest BCUT2D eigenvalue weighted by Crippen LogP contribution is 2.36. The van der Waals surface area contributed by atoms with Crippen molar-refractivity contribution < 1.29 is 0 Å². The average molecular weight is 258 g/mol. The Labute approximate surface area is 117 Å². The van der Waals surface area contributed by atoms with Crippen molar-refractivity contribution in [3.63, 3.8) is 0 Å². The van der Waals surface area contributed by atoms with Crippen molar-refractivity contribution in [1.82, 2.24) is 5.32 Å². The first-order valence-electron chi connectivity index (χ1n) is 7.86. The van der Waals surface area contributed by atoms with E-state index in [0.29, 0.717) is 0 Å². The Balaban J connectivity index is 1.42. The second-order valence-electron chi connectivity index (χ2n) is 6.32.